The zero-order valence-electron chi connectivity index (χ0n) is 10.6. The second kappa shape index (κ2) is 6.50. The van der Waals surface area contributed by atoms with Crippen LogP contribution in [0.3, 0.4) is 0 Å². The van der Waals surface area contributed by atoms with Gasteiger partial charge in [0, 0.05) is 5.92 Å². The molecule has 0 aromatic heterocycles. The second-order valence-corrected chi connectivity index (χ2v) is 4.80. The van der Waals surface area contributed by atoms with Gasteiger partial charge >= 0.3 is 5.97 Å². The van der Waals surface area contributed by atoms with Crippen molar-refractivity contribution in [3.8, 4) is 0 Å². The van der Waals surface area contributed by atoms with E-state index in [0.717, 1.165) is 5.56 Å². The molecule has 0 unspecified atom stereocenters. The van der Waals surface area contributed by atoms with Crippen LogP contribution in [0.2, 0.25) is 0 Å². The monoisotopic (exact) mass is 262 g/mol. The Balaban J connectivity index is 1.82. The lowest BCUT2D eigenvalue weighted by atomic mass is 9.92. The summed E-state index contributed by atoms with van der Waals surface area (Å²) in [5.41, 5.74) is 1.07. The molecule has 0 bridgehead atoms. The number of aliphatic hydroxyl groups is 1. The predicted octanol–water partition coefficient (Wildman–Crippen LogP) is 1.84. The molecule has 3 atom stereocenters. The van der Waals surface area contributed by atoms with Gasteiger partial charge in [-0.3, -0.25) is 4.79 Å². The van der Waals surface area contributed by atoms with Gasteiger partial charge in [-0.15, -0.1) is 0 Å². The molecule has 2 N–H and O–H groups in total. The molecule has 0 amide bonds. The standard InChI is InChI=1S/C15H18O4/c16-14-7-6-12(8-15(17)18)13(14)10-19-9-11-4-2-1-3-5-11/h1-7,12-14,16H,8-10H2,(H,17,18)/t12-,13-,14+/m1/s1. The van der Waals surface area contributed by atoms with E-state index in [4.69, 9.17) is 9.84 Å². The summed E-state index contributed by atoms with van der Waals surface area (Å²) in [7, 11) is 0. The Morgan fingerprint density at radius 1 is 1.21 bits per heavy atom. The molecule has 1 aromatic rings. The molecule has 1 aliphatic rings. The van der Waals surface area contributed by atoms with Crippen molar-refractivity contribution in [1.29, 1.82) is 0 Å². The molecule has 102 valence electrons. The highest BCUT2D eigenvalue weighted by Gasteiger charge is 2.31. The van der Waals surface area contributed by atoms with Crippen LogP contribution in [0.25, 0.3) is 0 Å². The van der Waals surface area contributed by atoms with Gasteiger partial charge in [-0.25, -0.2) is 0 Å². The predicted molar refractivity (Wildman–Crippen MR) is 70.5 cm³/mol. The molecule has 0 radical (unpaired) electrons. The normalized spacial score (nSPS) is 25.6. The average molecular weight is 262 g/mol. The molecule has 0 saturated carbocycles. The molecule has 1 aliphatic carbocycles. The maximum Gasteiger partial charge on any atom is 0.303 e. The number of allylic oxidation sites excluding steroid dienone is 1. The molecule has 2 rings (SSSR count). The van der Waals surface area contributed by atoms with Crippen molar-refractivity contribution in [2.45, 2.75) is 19.1 Å². The van der Waals surface area contributed by atoms with Crippen LogP contribution in [0.5, 0.6) is 0 Å². The van der Waals surface area contributed by atoms with E-state index in [9.17, 15) is 9.90 Å². The number of hydrogen-bond acceptors (Lipinski definition) is 3. The molecule has 4 nitrogen and oxygen atoms in total. The van der Waals surface area contributed by atoms with E-state index in [1.807, 2.05) is 30.3 Å². The number of carbonyl (C=O) groups is 1. The van der Waals surface area contributed by atoms with Crippen molar-refractivity contribution >= 4 is 5.97 Å². The highest BCUT2D eigenvalue weighted by Crippen LogP contribution is 2.29. The number of ether oxygens (including phenoxy) is 1. The maximum absolute atomic E-state index is 10.7. The number of aliphatic carboxylic acids is 1. The number of aliphatic hydroxyl groups excluding tert-OH is 1. The summed E-state index contributed by atoms with van der Waals surface area (Å²) in [6, 6.07) is 9.77. The lowest BCUT2D eigenvalue weighted by Gasteiger charge is -2.21. The fourth-order valence-electron chi connectivity index (χ4n) is 2.33. The Bertz CT molecular complexity index is 441. The Morgan fingerprint density at radius 3 is 2.63 bits per heavy atom. The van der Waals surface area contributed by atoms with E-state index in [0.29, 0.717) is 13.2 Å². The van der Waals surface area contributed by atoms with Crippen LogP contribution in [0.4, 0.5) is 0 Å². The number of carboxylic acids is 1. The summed E-state index contributed by atoms with van der Waals surface area (Å²) < 4.78 is 5.59. The Morgan fingerprint density at radius 2 is 1.95 bits per heavy atom. The van der Waals surface area contributed by atoms with E-state index < -0.39 is 12.1 Å². The highest BCUT2D eigenvalue weighted by molar-refractivity contribution is 5.67. The van der Waals surface area contributed by atoms with Crippen LogP contribution in [-0.2, 0) is 16.1 Å². The summed E-state index contributed by atoms with van der Waals surface area (Å²) in [4.78, 5) is 10.7. The molecule has 0 aliphatic heterocycles. The van der Waals surface area contributed by atoms with Crippen LogP contribution in [0.1, 0.15) is 12.0 Å². The minimum absolute atomic E-state index is 0.0346. The average Bonchev–Trinajstić information content (AvgIpc) is 2.72. The first-order valence-electron chi connectivity index (χ1n) is 6.36. The van der Waals surface area contributed by atoms with E-state index >= 15 is 0 Å². The fraction of sp³-hybridized carbons (Fsp3) is 0.400. The van der Waals surface area contributed by atoms with Crippen molar-refractivity contribution in [2.24, 2.45) is 11.8 Å². The zero-order chi connectivity index (χ0) is 13.7. The van der Waals surface area contributed by atoms with Gasteiger partial charge in [-0.1, -0.05) is 42.5 Å². The lowest BCUT2D eigenvalue weighted by Crippen LogP contribution is -2.26. The highest BCUT2D eigenvalue weighted by atomic mass is 16.5. The topological polar surface area (TPSA) is 66.8 Å². The molecule has 0 fully saturated rings. The minimum atomic E-state index is -0.850. The Kier molecular flexibility index (Phi) is 4.71. The van der Waals surface area contributed by atoms with Crippen LogP contribution in [0.15, 0.2) is 42.5 Å². The maximum atomic E-state index is 10.7. The van der Waals surface area contributed by atoms with Gasteiger partial charge in [0.15, 0.2) is 0 Å². The van der Waals surface area contributed by atoms with Crippen molar-refractivity contribution in [2.75, 3.05) is 6.61 Å². The first-order chi connectivity index (χ1) is 9.16. The first kappa shape index (κ1) is 13.8. The second-order valence-electron chi connectivity index (χ2n) is 4.80. The largest absolute Gasteiger partial charge is 0.481 e. The molecule has 0 heterocycles. The molecule has 0 saturated heterocycles. The minimum Gasteiger partial charge on any atom is -0.481 e. The van der Waals surface area contributed by atoms with Crippen molar-refractivity contribution in [3.05, 3.63) is 48.0 Å². The van der Waals surface area contributed by atoms with Gasteiger partial charge < -0.3 is 14.9 Å². The lowest BCUT2D eigenvalue weighted by molar-refractivity contribution is -0.138. The third kappa shape index (κ3) is 3.91. The molecular weight excluding hydrogens is 244 g/mol. The quantitative estimate of drug-likeness (QED) is 0.768. The molecule has 0 spiro atoms. The van der Waals surface area contributed by atoms with E-state index in [1.54, 1.807) is 12.2 Å². The summed E-state index contributed by atoms with van der Waals surface area (Å²) in [5, 5.41) is 18.6. The third-order valence-electron chi connectivity index (χ3n) is 3.38. The fourth-order valence-corrected chi connectivity index (χ4v) is 2.33. The number of benzene rings is 1. The SMILES string of the molecule is O=C(O)C[C@H]1C=C[C@H](O)[C@@H]1COCc1ccccc1. The summed E-state index contributed by atoms with van der Waals surface area (Å²) in [6.07, 6.45) is 2.85. The third-order valence-corrected chi connectivity index (χ3v) is 3.38. The smallest absolute Gasteiger partial charge is 0.303 e. The van der Waals surface area contributed by atoms with Gasteiger partial charge in [0.2, 0.25) is 0 Å². The molecule has 1 aromatic carbocycles. The number of hydrogen-bond donors (Lipinski definition) is 2. The van der Waals surface area contributed by atoms with Gasteiger partial charge in [0.05, 0.1) is 25.7 Å². The van der Waals surface area contributed by atoms with Crippen LogP contribution in [0, 0.1) is 11.8 Å². The van der Waals surface area contributed by atoms with Crippen molar-refractivity contribution in [3.63, 3.8) is 0 Å². The van der Waals surface area contributed by atoms with E-state index in [2.05, 4.69) is 0 Å². The van der Waals surface area contributed by atoms with Gasteiger partial charge in [0.1, 0.15) is 0 Å². The van der Waals surface area contributed by atoms with Crippen LogP contribution < -0.4 is 0 Å². The van der Waals surface area contributed by atoms with Crippen molar-refractivity contribution in [1.82, 2.24) is 0 Å². The van der Waals surface area contributed by atoms with E-state index in [-0.39, 0.29) is 18.3 Å². The number of carboxylic acid groups (broad SMARTS) is 1. The van der Waals surface area contributed by atoms with Crippen molar-refractivity contribution < 1.29 is 19.7 Å². The number of rotatable bonds is 6. The first-order valence-corrected chi connectivity index (χ1v) is 6.36. The summed E-state index contributed by atoms with van der Waals surface area (Å²) in [6.45, 7) is 0.838. The van der Waals surface area contributed by atoms with Crippen LogP contribution in [-0.4, -0.2) is 28.9 Å². The van der Waals surface area contributed by atoms with Gasteiger partial charge in [0.25, 0.3) is 0 Å². The molecular formula is C15H18O4. The Labute approximate surface area is 112 Å². The van der Waals surface area contributed by atoms with Gasteiger partial charge in [-0.2, -0.15) is 0 Å². The van der Waals surface area contributed by atoms with Crippen LogP contribution >= 0.6 is 0 Å². The summed E-state index contributed by atoms with van der Waals surface area (Å²) >= 11 is 0. The van der Waals surface area contributed by atoms with E-state index in [1.165, 1.54) is 0 Å². The molecule has 4 heteroatoms. The Hall–Kier alpha value is -1.65. The summed E-state index contributed by atoms with van der Waals surface area (Å²) in [5.74, 6) is -1.17. The molecule has 19 heavy (non-hydrogen) atoms. The zero-order valence-corrected chi connectivity index (χ0v) is 10.6. The van der Waals surface area contributed by atoms with Gasteiger partial charge in [-0.05, 0) is 11.5 Å².